The number of rotatable bonds is 4. The molecule has 0 spiro atoms. The molecule has 0 aliphatic carbocycles. The molecule has 0 bridgehead atoms. The molecule has 6 nitrogen and oxygen atoms in total. The fraction of sp³-hybridized carbons (Fsp3) is 0.250. The van der Waals surface area contributed by atoms with Gasteiger partial charge in [-0.05, 0) is 36.3 Å². The second-order valence-electron chi connectivity index (χ2n) is 5.45. The summed E-state index contributed by atoms with van der Waals surface area (Å²) in [5, 5.41) is 2.74. The first-order valence-corrected chi connectivity index (χ1v) is 9.06. The van der Waals surface area contributed by atoms with Gasteiger partial charge < -0.3 is 10.2 Å². The highest BCUT2D eigenvalue weighted by Crippen LogP contribution is 2.17. The van der Waals surface area contributed by atoms with Gasteiger partial charge in [-0.1, -0.05) is 12.1 Å². The molecule has 0 saturated carbocycles. The number of carbonyl (C=O) groups excluding carboxylic acids is 1. The third-order valence-electron chi connectivity index (χ3n) is 3.71. The zero-order chi connectivity index (χ0) is 17.2. The van der Waals surface area contributed by atoms with Crippen LogP contribution in [-0.2, 0) is 21.2 Å². The van der Waals surface area contributed by atoms with Crippen LogP contribution in [0, 0.1) is 5.82 Å². The molecule has 1 aromatic rings. The first-order chi connectivity index (χ1) is 11.4. The van der Waals surface area contributed by atoms with Crippen LogP contribution in [0.3, 0.4) is 0 Å². The highest BCUT2D eigenvalue weighted by atomic mass is 32.2. The SMILES string of the molecule is O=C(NCCc1ccc(F)cc1)C1=CC=CN2CCS(=O)(=O)N=C12. The molecule has 0 fully saturated rings. The monoisotopic (exact) mass is 349 g/mol. The molecule has 2 aliphatic rings. The fourth-order valence-corrected chi connectivity index (χ4v) is 3.45. The number of fused-ring (bicyclic) bond motifs is 1. The Morgan fingerprint density at radius 3 is 2.79 bits per heavy atom. The second kappa shape index (κ2) is 6.56. The van der Waals surface area contributed by atoms with Crippen molar-refractivity contribution in [3.05, 3.63) is 59.6 Å². The fourth-order valence-electron chi connectivity index (χ4n) is 2.46. The molecule has 0 atom stereocenters. The molecule has 0 aromatic heterocycles. The number of halogens is 1. The number of nitrogens with zero attached hydrogens (tertiary/aromatic N) is 2. The maximum atomic E-state index is 12.8. The first-order valence-electron chi connectivity index (χ1n) is 7.45. The summed E-state index contributed by atoms with van der Waals surface area (Å²) in [4.78, 5) is 14.0. The lowest BCUT2D eigenvalue weighted by molar-refractivity contribution is -0.117. The Kier molecular flexibility index (Phi) is 4.48. The molecule has 2 heterocycles. The first kappa shape index (κ1) is 16.4. The minimum atomic E-state index is -3.53. The molecule has 0 radical (unpaired) electrons. The van der Waals surface area contributed by atoms with E-state index in [1.807, 2.05) is 0 Å². The minimum Gasteiger partial charge on any atom is -0.352 e. The number of amidine groups is 1. The zero-order valence-electron chi connectivity index (χ0n) is 12.8. The number of hydrogen-bond acceptors (Lipinski definition) is 4. The lowest BCUT2D eigenvalue weighted by atomic mass is 10.1. The molecule has 126 valence electrons. The average molecular weight is 349 g/mol. The summed E-state index contributed by atoms with van der Waals surface area (Å²) in [6, 6.07) is 6.05. The lowest BCUT2D eigenvalue weighted by Crippen LogP contribution is -2.42. The van der Waals surface area contributed by atoms with Crippen LogP contribution in [0.2, 0.25) is 0 Å². The molecule has 0 saturated heterocycles. The number of sulfonamides is 1. The van der Waals surface area contributed by atoms with Crippen molar-refractivity contribution in [1.82, 2.24) is 10.2 Å². The van der Waals surface area contributed by atoms with Crippen LogP contribution in [0.15, 0.2) is 52.6 Å². The van der Waals surface area contributed by atoms with Crippen molar-refractivity contribution in [3.8, 4) is 0 Å². The van der Waals surface area contributed by atoms with E-state index in [1.54, 1.807) is 35.4 Å². The van der Waals surface area contributed by atoms with Gasteiger partial charge in [-0.15, -0.1) is 4.40 Å². The van der Waals surface area contributed by atoms with Gasteiger partial charge in [0.15, 0.2) is 5.84 Å². The number of hydrogen-bond donors (Lipinski definition) is 1. The van der Waals surface area contributed by atoms with Gasteiger partial charge in [0.25, 0.3) is 15.9 Å². The number of nitrogens with one attached hydrogen (secondary N) is 1. The Morgan fingerprint density at radius 2 is 2.04 bits per heavy atom. The van der Waals surface area contributed by atoms with Gasteiger partial charge >= 0.3 is 0 Å². The minimum absolute atomic E-state index is 0.0691. The molecule has 1 N–H and O–H groups in total. The highest BCUT2D eigenvalue weighted by Gasteiger charge is 2.29. The molecular weight excluding hydrogens is 333 g/mol. The summed E-state index contributed by atoms with van der Waals surface area (Å²) in [5.74, 6) is -0.607. The van der Waals surface area contributed by atoms with Gasteiger partial charge in [-0.2, -0.15) is 0 Å². The van der Waals surface area contributed by atoms with Gasteiger partial charge in [-0.25, -0.2) is 12.8 Å². The summed E-state index contributed by atoms with van der Waals surface area (Å²) >= 11 is 0. The van der Waals surface area contributed by atoms with Crippen molar-refractivity contribution < 1.29 is 17.6 Å². The predicted octanol–water partition coefficient (Wildman–Crippen LogP) is 0.982. The summed E-state index contributed by atoms with van der Waals surface area (Å²) < 4.78 is 39.9. The third-order valence-corrected chi connectivity index (χ3v) is 4.86. The van der Waals surface area contributed by atoms with Gasteiger partial charge in [-0.3, -0.25) is 4.79 Å². The van der Waals surface area contributed by atoms with Crippen LogP contribution < -0.4 is 5.32 Å². The standard InChI is InChI=1S/C16H16FN3O3S/c17-13-5-3-12(4-6-13)7-8-18-16(21)14-2-1-9-20-10-11-24(22,23)19-15(14)20/h1-6,9H,7-8,10-11H2,(H,18,21). The Labute approximate surface area is 139 Å². The zero-order valence-corrected chi connectivity index (χ0v) is 13.6. The van der Waals surface area contributed by atoms with E-state index in [-0.39, 0.29) is 35.4 Å². The van der Waals surface area contributed by atoms with E-state index in [0.717, 1.165) is 5.56 Å². The average Bonchev–Trinajstić information content (AvgIpc) is 2.55. The van der Waals surface area contributed by atoms with Crippen molar-refractivity contribution in [1.29, 1.82) is 0 Å². The normalized spacial score (nSPS) is 18.5. The van der Waals surface area contributed by atoms with Crippen LogP contribution >= 0.6 is 0 Å². The van der Waals surface area contributed by atoms with Gasteiger partial charge in [0.05, 0.1) is 11.3 Å². The molecule has 0 unspecified atom stereocenters. The molecule has 2 aliphatic heterocycles. The van der Waals surface area contributed by atoms with Crippen LogP contribution in [0.25, 0.3) is 0 Å². The Morgan fingerprint density at radius 1 is 1.29 bits per heavy atom. The topological polar surface area (TPSA) is 78.8 Å². The van der Waals surface area contributed by atoms with E-state index < -0.39 is 10.0 Å². The number of allylic oxidation sites excluding steroid dienone is 2. The maximum absolute atomic E-state index is 12.8. The smallest absolute Gasteiger partial charge is 0.256 e. The molecule has 24 heavy (non-hydrogen) atoms. The van der Waals surface area contributed by atoms with E-state index >= 15 is 0 Å². The molecule has 1 aromatic carbocycles. The predicted molar refractivity (Wildman–Crippen MR) is 88.3 cm³/mol. The second-order valence-corrected chi connectivity index (χ2v) is 7.20. The van der Waals surface area contributed by atoms with Gasteiger partial charge in [0, 0.05) is 19.3 Å². The quantitative estimate of drug-likeness (QED) is 0.879. The van der Waals surface area contributed by atoms with E-state index in [2.05, 4.69) is 9.71 Å². The highest BCUT2D eigenvalue weighted by molar-refractivity contribution is 7.90. The lowest BCUT2D eigenvalue weighted by Gasteiger charge is -2.28. The largest absolute Gasteiger partial charge is 0.352 e. The van der Waals surface area contributed by atoms with E-state index in [0.29, 0.717) is 13.0 Å². The van der Waals surface area contributed by atoms with Crippen molar-refractivity contribution in [2.75, 3.05) is 18.8 Å². The van der Waals surface area contributed by atoms with Gasteiger partial charge in [0.1, 0.15) is 5.82 Å². The van der Waals surface area contributed by atoms with Crippen LogP contribution in [-0.4, -0.2) is 43.9 Å². The van der Waals surface area contributed by atoms with Crippen molar-refractivity contribution in [3.63, 3.8) is 0 Å². The van der Waals surface area contributed by atoms with E-state index in [1.165, 1.54) is 12.1 Å². The summed E-state index contributed by atoms with van der Waals surface area (Å²) in [5.41, 5.74) is 1.12. The summed E-state index contributed by atoms with van der Waals surface area (Å²) in [6.45, 7) is 0.628. The number of carbonyl (C=O) groups is 1. The number of benzene rings is 1. The number of amides is 1. The van der Waals surface area contributed by atoms with Crippen molar-refractivity contribution in [2.45, 2.75) is 6.42 Å². The summed E-state index contributed by atoms with van der Waals surface area (Å²) in [7, 11) is -3.53. The van der Waals surface area contributed by atoms with Crippen LogP contribution in [0.1, 0.15) is 5.56 Å². The Bertz CT molecular complexity index is 842. The molecule has 3 rings (SSSR count). The van der Waals surface area contributed by atoms with Crippen molar-refractivity contribution >= 4 is 21.8 Å². The molecular formula is C16H16FN3O3S. The Hall–Kier alpha value is -2.48. The van der Waals surface area contributed by atoms with Crippen LogP contribution in [0.4, 0.5) is 4.39 Å². The summed E-state index contributed by atoms with van der Waals surface area (Å²) in [6.07, 6.45) is 5.47. The van der Waals surface area contributed by atoms with E-state index in [9.17, 15) is 17.6 Å². The molecule has 8 heteroatoms. The van der Waals surface area contributed by atoms with Crippen molar-refractivity contribution in [2.24, 2.45) is 4.40 Å². The maximum Gasteiger partial charge on any atom is 0.256 e. The van der Waals surface area contributed by atoms with E-state index in [4.69, 9.17) is 0 Å². The van der Waals surface area contributed by atoms with Gasteiger partial charge in [0.2, 0.25) is 0 Å². The third kappa shape index (κ3) is 3.70. The molecule has 1 amide bonds. The van der Waals surface area contributed by atoms with Crippen LogP contribution in [0.5, 0.6) is 0 Å². The Balaban J connectivity index is 1.66.